The van der Waals surface area contributed by atoms with Gasteiger partial charge in [-0.15, -0.1) is 0 Å². The second-order valence-corrected chi connectivity index (χ2v) is 3.82. The molecule has 0 aliphatic rings. The molecule has 0 fully saturated rings. The van der Waals surface area contributed by atoms with E-state index in [4.69, 9.17) is 15.9 Å². The lowest BCUT2D eigenvalue weighted by atomic mass is 10.1. The first-order valence-corrected chi connectivity index (χ1v) is 5.35. The van der Waals surface area contributed by atoms with Gasteiger partial charge in [-0.05, 0) is 19.8 Å². The Bertz CT molecular complexity index is 292. The molecule has 0 rings (SSSR count). The minimum absolute atomic E-state index is 0.171. The predicted molar refractivity (Wildman–Crippen MR) is 59.3 cm³/mol. The lowest BCUT2D eigenvalue weighted by molar-refractivity contribution is -0.141. The van der Waals surface area contributed by atoms with Gasteiger partial charge >= 0.3 is 11.9 Å². The molecule has 0 unspecified atom stereocenters. The topological polar surface area (TPSA) is 130 Å². The van der Waals surface area contributed by atoms with Crippen LogP contribution in [0.1, 0.15) is 32.6 Å². The highest BCUT2D eigenvalue weighted by molar-refractivity contribution is 5.83. The molecule has 98 valence electrons. The van der Waals surface area contributed by atoms with Gasteiger partial charge in [0.15, 0.2) is 0 Å². The van der Waals surface area contributed by atoms with Crippen LogP contribution < -0.4 is 11.1 Å². The van der Waals surface area contributed by atoms with Crippen molar-refractivity contribution in [1.82, 2.24) is 5.32 Å². The average molecular weight is 246 g/mol. The monoisotopic (exact) mass is 246 g/mol. The van der Waals surface area contributed by atoms with Crippen molar-refractivity contribution >= 4 is 17.8 Å². The summed E-state index contributed by atoms with van der Waals surface area (Å²) in [6, 6.07) is -1.82. The number of carboxylic acid groups (broad SMARTS) is 2. The number of amides is 1. The number of rotatable bonds is 8. The van der Waals surface area contributed by atoms with Crippen LogP contribution in [0, 0.1) is 0 Å². The minimum Gasteiger partial charge on any atom is -0.480 e. The van der Waals surface area contributed by atoms with Crippen LogP contribution in [-0.2, 0) is 14.4 Å². The van der Waals surface area contributed by atoms with Crippen molar-refractivity contribution < 1.29 is 24.6 Å². The summed E-state index contributed by atoms with van der Waals surface area (Å²) in [4.78, 5) is 32.0. The second-order valence-electron chi connectivity index (χ2n) is 3.82. The fraction of sp³-hybridized carbons (Fsp3) is 0.700. The number of hydrogen-bond acceptors (Lipinski definition) is 4. The molecule has 7 heteroatoms. The summed E-state index contributed by atoms with van der Waals surface area (Å²) in [6.45, 7) is 1.38. The van der Waals surface area contributed by atoms with Gasteiger partial charge in [0.25, 0.3) is 0 Å². The fourth-order valence-corrected chi connectivity index (χ4v) is 1.15. The van der Waals surface area contributed by atoms with Gasteiger partial charge in [-0.1, -0.05) is 6.42 Å². The lowest BCUT2D eigenvalue weighted by Crippen LogP contribution is -2.38. The van der Waals surface area contributed by atoms with E-state index in [0.29, 0.717) is 19.3 Å². The fourth-order valence-electron chi connectivity index (χ4n) is 1.15. The van der Waals surface area contributed by atoms with Gasteiger partial charge in [0.05, 0.1) is 0 Å². The summed E-state index contributed by atoms with van der Waals surface area (Å²) in [7, 11) is 0. The molecule has 0 aliphatic carbocycles. The van der Waals surface area contributed by atoms with Gasteiger partial charge in [0, 0.05) is 6.42 Å². The number of unbranched alkanes of at least 4 members (excludes halogenated alkanes) is 1. The van der Waals surface area contributed by atoms with Crippen LogP contribution in [0.2, 0.25) is 0 Å². The third-order valence-corrected chi connectivity index (χ3v) is 2.23. The highest BCUT2D eigenvalue weighted by atomic mass is 16.4. The van der Waals surface area contributed by atoms with Crippen molar-refractivity contribution in [3.8, 4) is 0 Å². The van der Waals surface area contributed by atoms with Crippen molar-refractivity contribution in [1.29, 1.82) is 0 Å². The molecule has 0 radical (unpaired) electrons. The smallest absolute Gasteiger partial charge is 0.325 e. The summed E-state index contributed by atoms with van der Waals surface area (Å²) >= 11 is 0. The maximum Gasteiger partial charge on any atom is 0.325 e. The molecule has 0 aromatic rings. The number of hydrogen-bond donors (Lipinski definition) is 4. The number of carbonyl (C=O) groups excluding carboxylic acids is 1. The van der Waals surface area contributed by atoms with E-state index in [9.17, 15) is 14.4 Å². The maximum absolute atomic E-state index is 11.2. The number of aliphatic carboxylic acids is 2. The summed E-state index contributed by atoms with van der Waals surface area (Å²) in [5.74, 6) is -2.51. The molecular formula is C10H18N2O5. The first-order chi connectivity index (χ1) is 7.84. The first kappa shape index (κ1) is 15.4. The Kier molecular flexibility index (Phi) is 6.88. The van der Waals surface area contributed by atoms with Crippen molar-refractivity contribution in [2.45, 2.75) is 44.7 Å². The minimum atomic E-state index is -1.09. The predicted octanol–water partition coefficient (Wildman–Crippen LogP) is -0.452. The number of carboxylic acids is 2. The van der Waals surface area contributed by atoms with Gasteiger partial charge in [-0.3, -0.25) is 14.4 Å². The summed E-state index contributed by atoms with van der Waals surface area (Å²) in [6.07, 6.45) is 1.47. The van der Waals surface area contributed by atoms with Crippen LogP contribution >= 0.6 is 0 Å². The van der Waals surface area contributed by atoms with E-state index in [1.807, 2.05) is 0 Å². The Morgan fingerprint density at radius 3 is 2.24 bits per heavy atom. The molecule has 5 N–H and O–H groups in total. The van der Waals surface area contributed by atoms with E-state index in [2.05, 4.69) is 5.32 Å². The zero-order valence-corrected chi connectivity index (χ0v) is 9.68. The summed E-state index contributed by atoms with van der Waals surface area (Å²) < 4.78 is 0. The van der Waals surface area contributed by atoms with Gasteiger partial charge in [0.1, 0.15) is 12.1 Å². The van der Waals surface area contributed by atoms with Crippen LogP contribution in [0.3, 0.4) is 0 Å². The molecule has 2 atom stereocenters. The van der Waals surface area contributed by atoms with E-state index in [1.54, 1.807) is 0 Å². The third kappa shape index (κ3) is 7.29. The molecule has 0 aromatic carbocycles. The quantitative estimate of drug-likeness (QED) is 0.429. The molecule has 0 spiro atoms. The van der Waals surface area contributed by atoms with Crippen molar-refractivity contribution in [3.05, 3.63) is 0 Å². The normalized spacial score (nSPS) is 13.8. The zero-order chi connectivity index (χ0) is 13.4. The van der Waals surface area contributed by atoms with Crippen LogP contribution in [-0.4, -0.2) is 40.1 Å². The molecule has 7 nitrogen and oxygen atoms in total. The van der Waals surface area contributed by atoms with Gasteiger partial charge < -0.3 is 21.3 Å². The molecule has 0 aromatic heterocycles. The van der Waals surface area contributed by atoms with Crippen molar-refractivity contribution in [2.24, 2.45) is 5.73 Å². The Hall–Kier alpha value is -1.63. The highest BCUT2D eigenvalue weighted by Crippen LogP contribution is 2.02. The molecule has 0 aliphatic heterocycles. The SMILES string of the molecule is C[C@@H](NC(=O)CCCC[C@@H](N)C(=O)O)C(=O)O. The molecule has 0 saturated carbocycles. The number of nitrogens with one attached hydrogen (secondary N) is 1. The van der Waals surface area contributed by atoms with Crippen molar-refractivity contribution in [2.75, 3.05) is 0 Å². The molecular weight excluding hydrogens is 228 g/mol. The third-order valence-electron chi connectivity index (χ3n) is 2.23. The van der Waals surface area contributed by atoms with Gasteiger partial charge in [-0.25, -0.2) is 0 Å². The molecule has 17 heavy (non-hydrogen) atoms. The van der Waals surface area contributed by atoms with E-state index in [-0.39, 0.29) is 12.3 Å². The van der Waals surface area contributed by atoms with Crippen LogP contribution in [0.15, 0.2) is 0 Å². The molecule has 0 bridgehead atoms. The van der Waals surface area contributed by atoms with E-state index >= 15 is 0 Å². The van der Waals surface area contributed by atoms with Crippen LogP contribution in [0.4, 0.5) is 0 Å². The van der Waals surface area contributed by atoms with E-state index < -0.39 is 24.0 Å². The van der Waals surface area contributed by atoms with E-state index in [0.717, 1.165) is 0 Å². The number of carbonyl (C=O) groups is 3. The van der Waals surface area contributed by atoms with E-state index in [1.165, 1.54) is 6.92 Å². The van der Waals surface area contributed by atoms with Gasteiger partial charge in [0.2, 0.25) is 5.91 Å². The van der Waals surface area contributed by atoms with Crippen LogP contribution in [0.5, 0.6) is 0 Å². The first-order valence-electron chi connectivity index (χ1n) is 5.35. The Balaban J connectivity index is 3.65. The molecule has 0 heterocycles. The average Bonchev–Trinajstić information content (AvgIpc) is 2.23. The summed E-state index contributed by atoms with van der Waals surface area (Å²) in [5.41, 5.74) is 5.28. The Morgan fingerprint density at radius 2 is 1.76 bits per heavy atom. The Morgan fingerprint density at radius 1 is 1.18 bits per heavy atom. The summed E-state index contributed by atoms with van der Waals surface area (Å²) in [5, 5.41) is 19.3. The molecule has 0 saturated heterocycles. The largest absolute Gasteiger partial charge is 0.480 e. The van der Waals surface area contributed by atoms with Gasteiger partial charge in [-0.2, -0.15) is 0 Å². The second kappa shape index (κ2) is 7.61. The standard InChI is InChI=1S/C10H18N2O5/c1-6(9(14)15)12-8(13)5-3-2-4-7(11)10(16)17/h6-7H,2-5,11H2,1H3,(H,12,13)(H,14,15)(H,16,17)/t6-,7-/m1/s1. The zero-order valence-electron chi connectivity index (χ0n) is 9.68. The number of nitrogens with two attached hydrogens (primary N) is 1. The maximum atomic E-state index is 11.2. The Labute approximate surface area is 99.0 Å². The van der Waals surface area contributed by atoms with Crippen molar-refractivity contribution in [3.63, 3.8) is 0 Å². The van der Waals surface area contributed by atoms with Crippen LogP contribution in [0.25, 0.3) is 0 Å². The lowest BCUT2D eigenvalue weighted by Gasteiger charge is -2.09. The molecule has 1 amide bonds. The highest BCUT2D eigenvalue weighted by Gasteiger charge is 2.14.